The number of rotatable bonds is 15. The number of amides is 1. The molecule has 0 aromatic carbocycles. The Morgan fingerprint density at radius 2 is 1.52 bits per heavy atom. The van der Waals surface area contributed by atoms with Crippen LogP contribution >= 0.6 is 0 Å². The van der Waals surface area contributed by atoms with Gasteiger partial charge in [0, 0.05) is 25.9 Å². The summed E-state index contributed by atoms with van der Waals surface area (Å²) in [7, 11) is 0. The zero-order chi connectivity index (χ0) is 20.7. The average Bonchev–Trinajstić information content (AvgIpc) is 3.12. The number of likely N-dealkylation sites (tertiary alicyclic amines) is 2. The molecule has 2 aliphatic heterocycles. The lowest BCUT2D eigenvalue weighted by molar-refractivity contribution is -0.152. The molecule has 0 aromatic rings. The first-order valence-electron chi connectivity index (χ1n) is 12.4. The van der Waals surface area contributed by atoms with E-state index in [0.717, 1.165) is 45.4 Å². The van der Waals surface area contributed by atoms with Gasteiger partial charge in [0.25, 0.3) is 0 Å². The smallest absolute Gasteiger partial charge is 0.306 e. The van der Waals surface area contributed by atoms with E-state index in [1.807, 2.05) is 4.90 Å². The van der Waals surface area contributed by atoms with Crippen molar-refractivity contribution in [2.45, 2.75) is 109 Å². The van der Waals surface area contributed by atoms with Crippen LogP contribution in [0.2, 0.25) is 0 Å². The largest absolute Gasteiger partial charge is 0.459 e. The number of hydrogen-bond acceptors (Lipinski definition) is 4. The van der Waals surface area contributed by atoms with Crippen LogP contribution in [-0.4, -0.2) is 60.5 Å². The molecule has 2 heterocycles. The van der Waals surface area contributed by atoms with Crippen LogP contribution in [0.25, 0.3) is 0 Å². The molecule has 0 aliphatic carbocycles. The van der Waals surface area contributed by atoms with Crippen molar-refractivity contribution in [3.8, 4) is 0 Å². The van der Waals surface area contributed by atoms with Crippen LogP contribution < -0.4 is 0 Å². The predicted octanol–water partition coefficient (Wildman–Crippen LogP) is 4.93. The molecule has 2 aliphatic rings. The SMILES string of the molecule is CCCCCCCCCCCC(=O)O[C@H](CN1CCCCC1)CN1CCCC1=O. The maximum Gasteiger partial charge on any atom is 0.306 e. The van der Waals surface area contributed by atoms with Gasteiger partial charge in [-0.1, -0.05) is 64.7 Å². The Labute approximate surface area is 178 Å². The summed E-state index contributed by atoms with van der Waals surface area (Å²) in [5.41, 5.74) is 0. The monoisotopic (exact) mass is 408 g/mol. The second-order valence-electron chi connectivity index (χ2n) is 8.99. The Balaban J connectivity index is 1.64. The minimum absolute atomic E-state index is 0.0819. The molecule has 168 valence electrons. The van der Waals surface area contributed by atoms with E-state index in [1.54, 1.807) is 0 Å². The fraction of sp³-hybridized carbons (Fsp3) is 0.917. The molecule has 1 amide bonds. The van der Waals surface area contributed by atoms with Gasteiger partial charge in [0.15, 0.2) is 0 Å². The normalized spacial score (nSPS) is 18.9. The highest BCUT2D eigenvalue weighted by Crippen LogP contribution is 2.16. The highest BCUT2D eigenvalue weighted by molar-refractivity contribution is 5.78. The van der Waals surface area contributed by atoms with E-state index in [0.29, 0.717) is 19.4 Å². The van der Waals surface area contributed by atoms with Gasteiger partial charge in [0.2, 0.25) is 5.91 Å². The van der Waals surface area contributed by atoms with Crippen LogP contribution in [0, 0.1) is 0 Å². The molecule has 0 N–H and O–H groups in total. The topological polar surface area (TPSA) is 49.9 Å². The summed E-state index contributed by atoms with van der Waals surface area (Å²) in [5.74, 6) is 0.130. The molecule has 2 rings (SSSR count). The number of nitrogens with zero attached hydrogens (tertiary/aromatic N) is 2. The number of esters is 1. The molecule has 0 saturated carbocycles. The summed E-state index contributed by atoms with van der Waals surface area (Å²) in [6.45, 7) is 6.57. The molecule has 1 atom stereocenters. The lowest BCUT2D eigenvalue weighted by atomic mass is 10.1. The summed E-state index contributed by atoms with van der Waals surface area (Å²) < 4.78 is 5.86. The molecule has 29 heavy (non-hydrogen) atoms. The van der Waals surface area contributed by atoms with Crippen molar-refractivity contribution in [1.82, 2.24) is 9.80 Å². The molecule has 0 bridgehead atoms. The zero-order valence-electron chi connectivity index (χ0n) is 18.8. The third-order valence-electron chi connectivity index (χ3n) is 6.29. The quantitative estimate of drug-likeness (QED) is 0.285. The minimum atomic E-state index is -0.179. The van der Waals surface area contributed by atoms with Crippen molar-refractivity contribution in [2.75, 3.05) is 32.7 Å². The second-order valence-corrected chi connectivity index (χ2v) is 8.99. The van der Waals surface area contributed by atoms with Gasteiger partial charge >= 0.3 is 5.97 Å². The Morgan fingerprint density at radius 1 is 0.862 bits per heavy atom. The molecule has 2 saturated heterocycles. The van der Waals surface area contributed by atoms with Gasteiger partial charge in [0.05, 0.1) is 6.54 Å². The number of carbonyl (C=O) groups is 2. The van der Waals surface area contributed by atoms with E-state index in [9.17, 15) is 9.59 Å². The highest BCUT2D eigenvalue weighted by atomic mass is 16.5. The standard InChI is InChI=1S/C24H44N2O3/c1-2-3-4-5-6-7-8-9-11-16-24(28)29-22(20-25-17-12-10-13-18-25)21-26-19-14-15-23(26)27/h22H,2-21H2,1H3/t22-/m1/s1. The zero-order valence-corrected chi connectivity index (χ0v) is 18.8. The molecule has 5 heteroatoms. The van der Waals surface area contributed by atoms with E-state index in [1.165, 1.54) is 64.2 Å². The summed E-state index contributed by atoms with van der Waals surface area (Å²) >= 11 is 0. The maximum absolute atomic E-state index is 12.4. The Bertz CT molecular complexity index is 463. The van der Waals surface area contributed by atoms with Crippen molar-refractivity contribution in [3.05, 3.63) is 0 Å². The average molecular weight is 409 g/mol. The molecule has 0 unspecified atom stereocenters. The van der Waals surface area contributed by atoms with Gasteiger partial charge in [-0.25, -0.2) is 0 Å². The minimum Gasteiger partial charge on any atom is -0.459 e. The predicted molar refractivity (Wildman–Crippen MR) is 118 cm³/mol. The second kappa shape index (κ2) is 14.8. The van der Waals surface area contributed by atoms with Gasteiger partial charge in [-0.2, -0.15) is 0 Å². The van der Waals surface area contributed by atoms with Crippen LogP contribution in [0.1, 0.15) is 103 Å². The Morgan fingerprint density at radius 3 is 2.14 bits per heavy atom. The number of unbranched alkanes of at least 4 members (excludes halogenated alkanes) is 8. The van der Waals surface area contributed by atoms with E-state index >= 15 is 0 Å². The van der Waals surface area contributed by atoms with Crippen molar-refractivity contribution >= 4 is 11.9 Å². The first kappa shape index (κ1) is 24.2. The fourth-order valence-electron chi connectivity index (χ4n) is 4.53. The first-order valence-corrected chi connectivity index (χ1v) is 12.4. The number of hydrogen-bond donors (Lipinski definition) is 0. The van der Waals surface area contributed by atoms with Gasteiger partial charge in [-0.05, 0) is 38.8 Å². The van der Waals surface area contributed by atoms with Crippen molar-refractivity contribution in [2.24, 2.45) is 0 Å². The summed E-state index contributed by atoms with van der Waals surface area (Å²) in [4.78, 5) is 28.7. The van der Waals surface area contributed by atoms with Crippen LogP contribution in [0.15, 0.2) is 0 Å². The van der Waals surface area contributed by atoms with E-state index < -0.39 is 0 Å². The third kappa shape index (κ3) is 10.5. The van der Waals surface area contributed by atoms with Crippen molar-refractivity contribution < 1.29 is 14.3 Å². The molecule has 2 fully saturated rings. The number of ether oxygens (including phenoxy) is 1. The summed E-state index contributed by atoms with van der Waals surface area (Å²) in [6, 6.07) is 0. The van der Waals surface area contributed by atoms with Crippen molar-refractivity contribution in [1.29, 1.82) is 0 Å². The molecular formula is C24H44N2O3. The Kier molecular flexibility index (Phi) is 12.3. The van der Waals surface area contributed by atoms with Gasteiger partial charge < -0.3 is 9.64 Å². The molecule has 0 aromatic heterocycles. The first-order chi connectivity index (χ1) is 14.2. The maximum atomic E-state index is 12.4. The van der Waals surface area contributed by atoms with Gasteiger partial charge in [-0.15, -0.1) is 0 Å². The van der Waals surface area contributed by atoms with Crippen LogP contribution in [0.4, 0.5) is 0 Å². The van der Waals surface area contributed by atoms with Crippen LogP contribution in [0.5, 0.6) is 0 Å². The van der Waals surface area contributed by atoms with E-state index in [2.05, 4.69) is 11.8 Å². The summed E-state index contributed by atoms with van der Waals surface area (Å²) in [5, 5.41) is 0. The van der Waals surface area contributed by atoms with Gasteiger partial charge in [-0.3, -0.25) is 14.5 Å². The lowest BCUT2D eigenvalue weighted by Crippen LogP contribution is -2.44. The fourth-order valence-corrected chi connectivity index (χ4v) is 4.53. The van der Waals surface area contributed by atoms with E-state index in [-0.39, 0.29) is 18.0 Å². The lowest BCUT2D eigenvalue weighted by Gasteiger charge is -2.32. The third-order valence-corrected chi connectivity index (χ3v) is 6.29. The van der Waals surface area contributed by atoms with Crippen molar-refractivity contribution in [3.63, 3.8) is 0 Å². The van der Waals surface area contributed by atoms with Crippen LogP contribution in [-0.2, 0) is 14.3 Å². The molecular weight excluding hydrogens is 364 g/mol. The van der Waals surface area contributed by atoms with Gasteiger partial charge in [0.1, 0.15) is 6.10 Å². The number of piperidine rings is 1. The van der Waals surface area contributed by atoms with Crippen LogP contribution in [0.3, 0.4) is 0 Å². The van der Waals surface area contributed by atoms with E-state index in [4.69, 9.17) is 4.74 Å². The summed E-state index contributed by atoms with van der Waals surface area (Å²) in [6.07, 6.45) is 16.9. The molecule has 5 nitrogen and oxygen atoms in total. The Hall–Kier alpha value is -1.10. The molecule has 0 radical (unpaired) electrons. The molecule has 0 spiro atoms. The number of carbonyl (C=O) groups excluding carboxylic acids is 2. The highest BCUT2D eigenvalue weighted by Gasteiger charge is 2.27.